The van der Waals surface area contributed by atoms with Gasteiger partial charge in [0.1, 0.15) is 11.5 Å². The van der Waals surface area contributed by atoms with Crippen LogP contribution in [-0.2, 0) is 6.42 Å². The van der Waals surface area contributed by atoms with Crippen molar-refractivity contribution < 1.29 is 9.84 Å². The van der Waals surface area contributed by atoms with Gasteiger partial charge in [0.2, 0.25) is 0 Å². The van der Waals surface area contributed by atoms with Gasteiger partial charge < -0.3 is 9.84 Å². The van der Waals surface area contributed by atoms with Gasteiger partial charge >= 0.3 is 0 Å². The van der Waals surface area contributed by atoms with Crippen molar-refractivity contribution in [2.45, 2.75) is 20.3 Å². The van der Waals surface area contributed by atoms with Gasteiger partial charge in [-0.25, -0.2) is 0 Å². The van der Waals surface area contributed by atoms with Crippen LogP contribution in [0.3, 0.4) is 0 Å². The molecule has 84 valence electrons. The molecule has 0 spiro atoms. The Kier molecular flexibility index (Phi) is 3.00. The van der Waals surface area contributed by atoms with Crippen LogP contribution < -0.4 is 4.74 Å². The summed E-state index contributed by atoms with van der Waals surface area (Å²) in [7, 11) is 0. The highest BCUT2D eigenvalue weighted by molar-refractivity contribution is 5.92. The van der Waals surface area contributed by atoms with Crippen LogP contribution in [0.25, 0.3) is 10.8 Å². The van der Waals surface area contributed by atoms with Crippen molar-refractivity contribution in [1.29, 1.82) is 0 Å². The minimum Gasteiger partial charge on any atom is -0.508 e. The van der Waals surface area contributed by atoms with Crippen molar-refractivity contribution in [2.75, 3.05) is 6.61 Å². The molecule has 0 bridgehead atoms. The maximum atomic E-state index is 9.68. The zero-order valence-electron chi connectivity index (χ0n) is 9.66. The van der Waals surface area contributed by atoms with Gasteiger partial charge in [-0.1, -0.05) is 19.1 Å². The number of benzene rings is 2. The lowest BCUT2D eigenvalue weighted by Crippen LogP contribution is -1.93. The van der Waals surface area contributed by atoms with Gasteiger partial charge in [-0.15, -0.1) is 0 Å². The summed E-state index contributed by atoms with van der Waals surface area (Å²) in [5.41, 5.74) is 1.15. The number of aryl methyl sites for hydroxylation is 1. The maximum Gasteiger partial charge on any atom is 0.127 e. The topological polar surface area (TPSA) is 29.5 Å². The van der Waals surface area contributed by atoms with Crippen LogP contribution in [0.1, 0.15) is 19.4 Å². The van der Waals surface area contributed by atoms with E-state index in [1.165, 1.54) is 0 Å². The Bertz CT molecular complexity index is 503. The number of aromatic hydroxyl groups is 1. The van der Waals surface area contributed by atoms with E-state index in [9.17, 15) is 5.11 Å². The highest BCUT2D eigenvalue weighted by Crippen LogP contribution is 2.31. The second-order valence-electron chi connectivity index (χ2n) is 3.74. The van der Waals surface area contributed by atoms with E-state index in [4.69, 9.17) is 4.74 Å². The van der Waals surface area contributed by atoms with Crippen molar-refractivity contribution in [3.05, 3.63) is 35.9 Å². The highest BCUT2D eigenvalue weighted by atomic mass is 16.5. The van der Waals surface area contributed by atoms with Crippen molar-refractivity contribution in [2.24, 2.45) is 0 Å². The van der Waals surface area contributed by atoms with Crippen LogP contribution in [0, 0.1) is 0 Å². The van der Waals surface area contributed by atoms with E-state index in [0.717, 1.165) is 28.5 Å². The first-order valence-electron chi connectivity index (χ1n) is 5.63. The molecule has 0 amide bonds. The maximum absolute atomic E-state index is 9.68. The fourth-order valence-corrected chi connectivity index (χ4v) is 1.99. The van der Waals surface area contributed by atoms with E-state index in [1.807, 2.05) is 25.1 Å². The molecule has 0 radical (unpaired) electrons. The van der Waals surface area contributed by atoms with Gasteiger partial charge in [0.05, 0.1) is 6.61 Å². The molecule has 0 saturated carbocycles. The molecule has 2 rings (SSSR count). The number of phenols is 1. The average Bonchev–Trinajstić information content (AvgIpc) is 2.29. The van der Waals surface area contributed by atoms with Crippen molar-refractivity contribution in [3.63, 3.8) is 0 Å². The molecule has 0 unspecified atom stereocenters. The summed E-state index contributed by atoms with van der Waals surface area (Å²) >= 11 is 0. The predicted molar refractivity (Wildman–Crippen MR) is 66.2 cm³/mol. The summed E-state index contributed by atoms with van der Waals surface area (Å²) in [6.45, 7) is 4.68. The van der Waals surface area contributed by atoms with Crippen molar-refractivity contribution in [3.8, 4) is 11.5 Å². The molecule has 2 heteroatoms. The van der Waals surface area contributed by atoms with Gasteiger partial charge in [-0.3, -0.25) is 0 Å². The van der Waals surface area contributed by atoms with Crippen LogP contribution in [0.4, 0.5) is 0 Å². The molecule has 16 heavy (non-hydrogen) atoms. The zero-order chi connectivity index (χ0) is 11.5. The Morgan fingerprint density at radius 1 is 1.12 bits per heavy atom. The van der Waals surface area contributed by atoms with Gasteiger partial charge in [0.15, 0.2) is 0 Å². The monoisotopic (exact) mass is 216 g/mol. The lowest BCUT2D eigenvalue weighted by atomic mass is 10.0. The summed E-state index contributed by atoms with van der Waals surface area (Å²) < 4.78 is 5.56. The quantitative estimate of drug-likeness (QED) is 0.850. The molecule has 0 atom stereocenters. The number of phenolic OH excluding ortho intramolecular Hbond substituents is 1. The largest absolute Gasteiger partial charge is 0.508 e. The number of hydrogen-bond acceptors (Lipinski definition) is 2. The Morgan fingerprint density at radius 2 is 1.94 bits per heavy atom. The van der Waals surface area contributed by atoms with E-state index in [2.05, 4.69) is 13.0 Å². The second-order valence-corrected chi connectivity index (χ2v) is 3.74. The molecule has 0 fully saturated rings. The van der Waals surface area contributed by atoms with Crippen LogP contribution in [0.15, 0.2) is 30.3 Å². The predicted octanol–water partition coefficient (Wildman–Crippen LogP) is 3.51. The smallest absolute Gasteiger partial charge is 0.127 e. The molecule has 2 nitrogen and oxygen atoms in total. The molecule has 0 aliphatic rings. The second kappa shape index (κ2) is 4.44. The molecule has 0 aliphatic heterocycles. The van der Waals surface area contributed by atoms with Crippen LogP contribution in [-0.4, -0.2) is 11.7 Å². The molecule has 0 heterocycles. The normalized spacial score (nSPS) is 10.6. The van der Waals surface area contributed by atoms with Crippen LogP contribution in [0.5, 0.6) is 11.5 Å². The summed E-state index contributed by atoms with van der Waals surface area (Å²) in [5, 5.41) is 11.8. The third-order valence-electron chi connectivity index (χ3n) is 2.71. The van der Waals surface area contributed by atoms with E-state index in [0.29, 0.717) is 12.4 Å². The Balaban J connectivity index is 2.71. The van der Waals surface area contributed by atoms with E-state index < -0.39 is 0 Å². The zero-order valence-corrected chi connectivity index (χ0v) is 9.66. The fourth-order valence-electron chi connectivity index (χ4n) is 1.99. The van der Waals surface area contributed by atoms with Crippen LogP contribution >= 0.6 is 0 Å². The molecule has 0 saturated heterocycles. The standard InChI is InChI=1S/C14H16O2/c1-3-10-8-11(15)9-13-12(10)6-5-7-14(13)16-4-2/h5-9,15H,3-4H2,1-2H3. The lowest BCUT2D eigenvalue weighted by Gasteiger charge is -2.10. The van der Waals surface area contributed by atoms with Gasteiger partial charge in [0.25, 0.3) is 0 Å². The molecule has 2 aromatic carbocycles. The van der Waals surface area contributed by atoms with E-state index in [-0.39, 0.29) is 0 Å². The first-order valence-corrected chi connectivity index (χ1v) is 5.63. The minimum atomic E-state index is 0.302. The molecule has 0 aliphatic carbocycles. The molecular weight excluding hydrogens is 200 g/mol. The van der Waals surface area contributed by atoms with Crippen LogP contribution in [0.2, 0.25) is 0 Å². The number of ether oxygens (including phenoxy) is 1. The summed E-state index contributed by atoms with van der Waals surface area (Å²) in [4.78, 5) is 0. The Hall–Kier alpha value is -1.70. The third kappa shape index (κ3) is 1.83. The fraction of sp³-hybridized carbons (Fsp3) is 0.286. The molecular formula is C14H16O2. The van der Waals surface area contributed by atoms with E-state index >= 15 is 0 Å². The first kappa shape index (κ1) is 10.8. The van der Waals surface area contributed by atoms with E-state index in [1.54, 1.807) is 6.07 Å². The summed E-state index contributed by atoms with van der Waals surface area (Å²) in [6, 6.07) is 9.57. The molecule has 1 N–H and O–H groups in total. The number of rotatable bonds is 3. The average molecular weight is 216 g/mol. The summed E-state index contributed by atoms with van der Waals surface area (Å²) in [5.74, 6) is 1.14. The first-order chi connectivity index (χ1) is 7.76. The van der Waals surface area contributed by atoms with Gasteiger partial charge in [-0.05, 0) is 42.5 Å². The number of hydrogen-bond donors (Lipinski definition) is 1. The Labute approximate surface area is 95.5 Å². The molecule has 0 aromatic heterocycles. The summed E-state index contributed by atoms with van der Waals surface area (Å²) in [6.07, 6.45) is 0.903. The van der Waals surface area contributed by atoms with Crippen molar-refractivity contribution in [1.82, 2.24) is 0 Å². The lowest BCUT2D eigenvalue weighted by molar-refractivity contribution is 0.344. The highest BCUT2D eigenvalue weighted by Gasteiger charge is 2.06. The Morgan fingerprint density at radius 3 is 2.62 bits per heavy atom. The molecule has 2 aromatic rings. The van der Waals surface area contributed by atoms with Gasteiger partial charge in [-0.2, -0.15) is 0 Å². The SMILES string of the molecule is CCOc1cccc2c(CC)cc(O)cc12. The minimum absolute atomic E-state index is 0.302. The van der Waals surface area contributed by atoms with Gasteiger partial charge in [0, 0.05) is 5.39 Å². The number of fused-ring (bicyclic) bond motifs is 1. The van der Waals surface area contributed by atoms with Crippen molar-refractivity contribution >= 4 is 10.8 Å². The third-order valence-corrected chi connectivity index (χ3v) is 2.71.